The minimum absolute atomic E-state index is 0. The molecule has 0 aliphatic carbocycles. The van der Waals surface area contributed by atoms with Gasteiger partial charge in [-0.05, 0) is 0 Å². The van der Waals surface area contributed by atoms with E-state index in [-0.39, 0.29) is 72.8 Å². The summed E-state index contributed by atoms with van der Waals surface area (Å²) >= 11 is 0. The maximum absolute atomic E-state index is 9.10. The Morgan fingerprint density at radius 3 is 0.929 bits per heavy atom. The van der Waals surface area contributed by atoms with Gasteiger partial charge >= 0.3 is 57.4 Å². The van der Waals surface area contributed by atoms with E-state index in [9.17, 15) is 0 Å². The first-order valence-electron chi connectivity index (χ1n) is 2.17. The van der Waals surface area contributed by atoms with E-state index in [1.807, 2.05) is 0 Å². The normalized spacial score (nSPS) is 6.29. The Bertz CT molecular complexity index is 177. The van der Waals surface area contributed by atoms with Crippen molar-refractivity contribution in [1.29, 1.82) is 0 Å². The van der Waals surface area contributed by atoms with Crippen molar-refractivity contribution in [2.75, 3.05) is 0 Å². The Hall–Kier alpha value is 0.283. The Morgan fingerprint density at radius 2 is 0.929 bits per heavy atom. The summed E-state index contributed by atoms with van der Waals surface area (Å²) in [6.07, 6.45) is 0. The van der Waals surface area contributed by atoms with Crippen molar-refractivity contribution in [1.82, 2.24) is 0 Å². The van der Waals surface area contributed by atoms with Crippen LogP contribution in [0.5, 0.6) is 0 Å². The molecule has 0 atom stereocenters. The van der Waals surface area contributed by atoms with E-state index in [2.05, 4.69) is 0 Å². The Balaban J connectivity index is -0.0000000625. The van der Waals surface area contributed by atoms with Crippen molar-refractivity contribution in [3.8, 4) is 0 Å². The van der Waals surface area contributed by atoms with Gasteiger partial charge in [0.15, 0.2) is 0 Å². The van der Waals surface area contributed by atoms with Crippen LogP contribution in [0.15, 0.2) is 0 Å². The molecule has 0 aromatic carbocycles. The molecular formula is C4H2CdO8Sr. The van der Waals surface area contributed by atoms with Gasteiger partial charge in [-0.25, -0.2) is 9.59 Å². The average molecular weight is 378 g/mol. The van der Waals surface area contributed by atoms with Crippen LogP contribution in [-0.4, -0.2) is 79.6 Å². The molecule has 0 aromatic rings. The Kier molecular flexibility index (Phi) is 22.6. The van der Waals surface area contributed by atoms with Crippen molar-refractivity contribution < 1.29 is 66.9 Å². The molecule has 0 spiro atoms. The molecule has 2 N–H and O–H groups in total. The molecule has 0 fully saturated rings. The van der Waals surface area contributed by atoms with Crippen LogP contribution in [0.2, 0.25) is 0 Å². The van der Waals surface area contributed by atoms with Gasteiger partial charge < -0.3 is 30.0 Å². The third kappa shape index (κ3) is 22.8. The molecule has 0 aliphatic heterocycles. The van der Waals surface area contributed by atoms with Gasteiger partial charge in [-0.2, -0.15) is 0 Å². The minimum Gasteiger partial charge on any atom is -0.543 e. The van der Waals surface area contributed by atoms with Gasteiger partial charge in [-0.3, -0.25) is 0 Å². The molecule has 0 bridgehead atoms. The summed E-state index contributed by atoms with van der Waals surface area (Å²) in [6, 6.07) is 0. The van der Waals surface area contributed by atoms with E-state index in [1.54, 1.807) is 0 Å². The van der Waals surface area contributed by atoms with Crippen molar-refractivity contribution >= 4 is 69.4 Å². The molecule has 0 saturated heterocycles. The largest absolute Gasteiger partial charge is 2.00 e. The van der Waals surface area contributed by atoms with Gasteiger partial charge in [-0.1, -0.05) is 0 Å². The number of carbonyl (C=O) groups excluding carboxylic acids is 2. The van der Waals surface area contributed by atoms with Crippen molar-refractivity contribution in [2.45, 2.75) is 0 Å². The maximum atomic E-state index is 9.10. The number of carbonyl (C=O) groups is 4. The molecule has 0 aliphatic rings. The summed E-state index contributed by atoms with van der Waals surface area (Å²) in [7, 11) is 0. The SMILES string of the molecule is O=C(O)C(=O)O.O=C([O-])C(=O)[O-].[Cd].[Sr+2]. The molecule has 70 valence electrons. The third-order valence-electron chi connectivity index (χ3n) is 0.350. The number of aliphatic carboxylic acids is 4. The molecule has 10 heteroatoms. The fourth-order valence-electron chi connectivity index (χ4n) is 0. The molecule has 8 nitrogen and oxygen atoms in total. The number of carboxylic acids is 4. The Labute approximate surface area is 134 Å². The van der Waals surface area contributed by atoms with Crippen LogP contribution in [0.4, 0.5) is 0 Å². The van der Waals surface area contributed by atoms with E-state index in [1.165, 1.54) is 0 Å². The second-order valence-corrected chi connectivity index (χ2v) is 1.19. The van der Waals surface area contributed by atoms with Gasteiger partial charge in [0.05, 0.1) is 11.9 Å². The molecule has 0 rings (SSSR count). The fraction of sp³-hybridized carbons (Fsp3) is 0. The Morgan fingerprint density at radius 1 is 0.786 bits per heavy atom. The van der Waals surface area contributed by atoms with Crippen LogP contribution in [-0.2, 0) is 46.5 Å². The molecule has 0 radical (unpaired) electrons. The number of hydrogen-bond acceptors (Lipinski definition) is 6. The van der Waals surface area contributed by atoms with Crippen molar-refractivity contribution in [3.05, 3.63) is 0 Å². The van der Waals surface area contributed by atoms with E-state index in [0.29, 0.717) is 0 Å². The summed E-state index contributed by atoms with van der Waals surface area (Å²) in [5, 5.41) is 32.6. The second kappa shape index (κ2) is 13.3. The average Bonchev–Trinajstić information content (AvgIpc) is 1.88. The van der Waals surface area contributed by atoms with Gasteiger partial charge in [0, 0.05) is 27.3 Å². The standard InChI is InChI=1S/2C2H2O4.Cd.Sr/c2*3-1(4)2(5)6;;/h2*(H,3,4)(H,5,6);;/q;;;+2/p-2. The van der Waals surface area contributed by atoms with Crippen LogP contribution in [0.25, 0.3) is 0 Å². The topological polar surface area (TPSA) is 155 Å². The maximum Gasteiger partial charge on any atom is 2.00 e. The van der Waals surface area contributed by atoms with Gasteiger partial charge in [0.2, 0.25) is 0 Å². The van der Waals surface area contributed by atoms with E-state index >= 15 is 0 Å². The quantitative estimate of drug-likeness (QED) is 0.315. The molecule has 0 saturated carbocycles. The van der Waals surface area contributed by atoms with E-state index in [4.69, 9.17) is 39.6 Å². The van der Waals surface area contributed by atoms with Crippen LogP contribution in [0.1, 0.15) is 0 Å². The van der Waals surface area contributed by atoms with Gasteiger partial charge in [0.25, 0.3) is 0 Å². The van der Waals surface area contributed by atoms with E-state index in [0.717, 1.165) is 0 Å². The molecule has 0 unspecified atom stereocenters. The molecular weight excluding hydrogens is 376 g/mol. The van der Waals surface area contributed by atoms with Gasteiger partial charge in [0.1, 0.15) is 0 Å². The summed E-state index contributed by atoms with van der Waals surface area (Å²) < 4.78 is 0. The molecule has 0 amide bonds. The first-order valence-corrected chi connectivity index (χ1v) is 2.17. The third-order valence-corrected chi connectivity index (χ3v) is 0.350. The predicted octanol–water partition coefficient (Wildman–Crippen LogP) is -4.74. The molecule has 0 heterocycles. The minimum atomic E-state index is -2.19. The zero-order valence-corrected chi connectivity index (χ0v) is 14.3. The summed E-state index contributed by atoms with van der Waals surface area (Å²) in [4.78, 5) is 36.1. The first-order chi connectivity index (χ1) is 5.29. The van der Waals surface area contributed by atoms with Crippen LogP contribution in [0.3, 0.4) is 0 Å². The number of hydrogen-bond donors (Lipinski definition) is 2. The monoisotopic (exact) mass is 380 g/mol. The zero-order valence-electron chi connectivity index (χ0n) is 6.76. The van der Waals surface area contributed by atoms with Gasteiger partial charge in [-0.15, -0.1) is 0 Å². The molecule has 14 heavy (non-hydrogen) atoms. The number of rotatable bonds is 0. The smallest absolute Gasteiger partial charge is 0.543 e. The van der Waals surface area contributed by atoms with Crippen LogP contribution >= 0.6 is 0 Å². The summed E-state index contributed by atoms with van der Waals surface area (Å²) in [5.74, 6) is -8.02. The zero-order chi connectivity index (χ0) is 10.3. The van der Waals surface area contributed by atoms with Crippen LogP contribution in [0, 0.1) is 0 Å². The van der Waals surface area contributed by atoms with Crippen molar-refractivity contribution in [2.24, 2.45) is 0 Å². The molecule has 0 aromatic heterocycles. The van der Waals surface area contributed by atoms with Crippen LogP contribution < -0.4 is 10.2 Å². The van der Waals surface area contributed by atoms with Crippen molar-refractivity contribution in [3.63, 3.8) is 0 Å². The number of carboxylic acid groups (broad SMARTS) is 4. The summed E-state index contributed by atoms with van der Waals surface area (Å²) in [6.45, 7) is 0. The fourth-order valence-corrected chi connectivity index (χ4v) is 0. The predicted molar refractivity (Wildman–Crippen MR) is 31.0 cm³/mol. The summed E-state index contributed by atoms with van der Waals surface area (Å²) in [5.41, 5.74) is 0. The van der Waals surface area contributed by atoms with E-state index < -0.39 is 23.9 Å². The first kappa shape index (κ1) is 23.8. The second-order valence-electron chi connectivity index (χ2n) is 1.19.